The van der Waals surface area contributed by atoms with Gasteiger partial charge in [-0.3, -0.25) is 14.4 Å². The molecule has 0 spiro atoms. The normalized spacial score (nSPS) is 16.2. The number of piperidine rings is 1. The third-order valence-electron chi connectivity index (χ3n) is 5.19. The van der Waals surface area contributed by atoms with Crippen molar-refractivity contribution in [3.05, 3.63) is 65.7 Å². The first kappa shape index (κ1) is 21.6. The topological polar surface area (TPSA) is 78.5 Å². The van der Waals surface area contributed by atoms with E-state index in [9.17, 15) is 14.4 Å². The van der Waals surface area contributed by atoms with Crippen LogP contribution in [-0.4, -0.2) is 42.3 Å². The first-order valence-electron chi connectivity index (χ1n) is 10.5. The van der Waals surface area contributed by atoms with Gasteiger partial charge in [-0.25, -0.2) is 0 Å². The van der Waals surface area contributed by atoms with Gasteiger partial charge in [0.15, 0.2) is 0 Å². The Hall–Kier alpha value is -3.15. The van der Waals surface area contributed by atoms with Gasteiger partial charge < -0.3 is 15.5 Å². The minimum absolute atomic E-state index is 0.0279. The highest BCUT2D eigenvalue weighted by Crippen LogP contribution is 2.20. The molecule has 0 saturated carbocycles. The molecular formula is C24H29N3O3. The van der Waals surface area contributed by atoms with Crippen LogP contribution in [0.4, 0.5) is 5.69 Å². The monoisotopic (exact) mass is 407 g/mol. The molecule has 6 nitrogen and oxygen atoms in total. The van der Waals surface area contributed by atoms with Gasteiger partial charge in [0, 0.05) is 36.4 Å². The summed E-state index contributed by atoms with van der Waals surface area (Å²) >= 11 is 0. The fourth-order valence-corrected chi connectivity index (χ4v) is 3.50. The van der Waals surface area contributed by atoms with Gasteiger partial charge in [-0.1, -0.05) is 32.0 Å². The summed E-state index contributed by atoms with van der Waals surface area (Å²) in [6.07, 6.45) is 1.62. The lowest BCUT2D eigenvalue weighted by Gasteiger charge is -2.32. The predicted molar refractivity (Wildman–Crippen MR) is 117 cm³/mol. The third kappa shape index (κ3) is 5.69. The number of amides is 3. The Morgan fingerprint density at radius 1 is 1.00 bits per heavy atom. The van der Waals surface area contributed by atoms with Crippen LogP contribution in [0.1, 0.15) is 47.4 Å². The minimum atomic E-state index is -0.194. The Morgan fingerprint density at radius 2 is 1.70 bits per heavy atom. The summed E-state index contributed by atoms with van der Waals surface area (Å²) in [6.45, 7) is 5.86. The minimum Gasteiger partial charge on any atom is -0.356 e. The zero-order valence-electron chi connectivity index (χ0n) is 17.6. The maximum Gasteiger partial charge on any atom is 0.255 e. The largest absolute Gasteiger partial charge is 0.356 e. The molecule has 0 radical (unpaired) electrons. The number of anilines is 1. The van der Waals surface area contributed by atoms with Crippen molar-refractivity contribution in [3.63, 3.8) is 0 Å². The summed E-state index contributed by atoms with van der Waals surface area (Å²) in [7, 11) is 0. The molecule has 1 aliphatic heterocycles. The van der Waals surface area contributed by atoms with Gasteiger partial charge in [0.25, 0.3) is 11.8 Å². The second-order valence-electron chi connectivity index (χ2n) is 8.13. The smallest absolute Gasteiger partial charge is 0.255 e. The molecular weight excluding hydrogens is 378 g/mol. The summed E-state index contributed by atoms with van der Waals surface area (Å²) in [5, 5.41) is 5.81. The molecule has 158 valence electrons. The Labute approximate surface area is 177 Å². The van der Waals surface area contributed by atoms with Crippen LogP contribution in [0.3, 0.4) is 0 Å². The van der Waals surface area contributed by atoms with Gasteiger partial charge in [0.1, 0.15) is 0 Å². The molecule has 3 amide bonds. The lowest BCUT2D eigenvalue weighted by atomic mass is 9.96. The number of nitrogens with one attached hydrogen (secondary N) is 2. The lowest BCUT2D eigenvalue weighted by Crippen LogP contribution is -2.46. The first-order chi connectivity index (χ1) is 14.4. The van der Waals surface area contributed by atoms with E-state index in [2.05, 4.69) is 24.5 Å². The van der Waals surface area contributed by atoms with Crippen LogP contribution >= 0.6 is 0 Å². The molecule has 1 aliphatic rings. The van der Waals surface area contributed by atoms with Crippen LogP contribution in [0.15, 0.2) is 54.6 Å². The van der Waals surface area contributed by atoms with Gasteiger partial charge in [0.05, 0.1) is 5.92 Å². The van der Waals surface area contributed by atoms with E-state index < -0.39 is 0 Å². The molecule has 2 aromatic carbocycles. The van der Waals surface area contributed by atoms with Crippen LogP contribution < -0.4 is 10.6 Å². The summed E-state index contributed by atoms with van der Waals surface area (Å²) in [5.74, 6) is -0.0134. The van der Waals surface area contributed by atoms with E-state index in [1.807, 2.05) is 18.2 Å². The molecule has 1 saturated heterocycles. The number of hydrogen-bond acceptors (Lipinski definition) is 3. The Balaban J connectivity index is 1.58. The Kier molecular flexibility index (Phi) is 7.22. The van der Waals surface area contributed by atoms with Crippen molar-refractivity contribution in [1.82, 2.24) is 10.2 Å². The van der Waals surface area contributed by atoms with E-state index >= 15 is 0 Å². The Bertz CT molecular complexity index is 878. The van der Waals surface area contributed by atoms with Crippen molar-refractivity contribution in [2.75, 3.05) is 25.0 Å². The van der Waals surface area contributed by atoms with Crippen molar-refractivity contribution in [1.29, 1.82) is 0 Å². The van der Waals surface area contributed by atoms with Gasteiger partial charge in [-0.05, 0) is 55.2 Å². The number of carbonyl (C=O) groups is 3. The Morgan fingerprint density at radius 3 is 2.37 bits per heavy atom. The van der Waals surface area contributed by atoms with Crippen LogP contribution in [-0.2, 0) is 4.79 Å². The second-order valence-corrected chi connectivity index (χ2v) is 8.13. The van der Waals surface area contributed by atoms with E-state index in [-0.39, 0.29) is 23.6 Å². The molecule has 2 N–H and O–H groups in total. The second kappa shape index (κ2) is 10.1. The van der Waals surface area contributed by atoms with E-state index in [4.69, 9.17) is 0 Å². The highest BCUT2D eigenvalue weighted by Gasteiger charge is 2.28. The maximum absolute atomic E-state index is 12.9. The van der Waals surface area contributed by atoms with E-state index in [1.54, 1.807) is 41.3 Å². The quantitative estimate of drug-likeness (QED) is 0.768. The van der Waals surface area contributed by atoms with Crippen molar-refractivity contribution < 1.29 is 14.4 Å². The molecule has 1 heterocycles. The van der Waals surface area contributed by atoms with Gasteiger partial charge >= 0.3 is 0 Å². The molecule has 3 rings (SSSR count). The summed E-state index contributed by atoms with van der Waals surface area (Å²) in [4.78, 5) is 39.3. The van der Waals surface area contributed by atoms with Crippen molar-refractivity contribution in [2.24, 2.45) is 11.8 Å². The number of nitrogens with zero attached hydrogens (tertiary/aromatic N) is 1. The summed E-state index contributed by atoms with van der Waals surface area (Å²) in [5.41, 5.74) is 1.76. The van der Waals surface area contributed by atoms with Gasteiger partial charge in [0.2, 0.25) is 5.91 Å². The first-order valence-corrected chi connectivity index (χ1v) is 10.5. The molecule has 2 aromatic rings. The predicted octanol–water partition coefficient (Wildman–Crippen LogP) is 3.56. The zero-order chi connectivity index (χ0) is 21.5. The van der Waals surface area contributed by atoms with Crippen molar-refractivity contribution >= 4 is 23.4 Å². The number of benzene rings is 2. The number of carbonyl (C=O) groups excluding carboxylic acids is 3. The standard InChI is InChI=1S/C24H29N3O3/c1-17(2)15-25-22(28)20-9-6-14-27(16-20)24(30)19-10-12-21(13-11-19)26-23(29)18-7-4-3-5-8-18/h3-5,7-8,10-13,17,20H,6,9,14-16H2,1-2H3,(H,25,28)(H,26,29). The van der Waals surface area contributed by atoms with Gasteiger partial charge in [-0.2, -0.15) is 0 Å². The molecule has 30 heavy (non-hydrogen) atoms. The van der Waals surface area contributed by atoms with E-state index in [0.717, 1.165) is 12.8 Å². The summed E-state index contributed by atoms with van der Waals surface area (Å²) < 4.78 is 0. The zero-order valence-corrected chi connectivity index (χ0v) is 17.6. The van der Waals surface area contributed by atoms with Gasteiger partial charge in [-0.15, -0.1) is 0 Å². The van der Waals surface area contributed by atoms with E-state index in [0.29, 0.717) is 42.4 Å². The highest BCUT2D eigenvalue weighted by atomic mass is 16.2. The fourth-order valence-electron chi connectivity index (χ4n) is 3.50. The highest BCUT2D eigenvalue weighted by molar-refractivity contribution is 6.04. The molecule has 0 bridgehead atoms. The van der Waals surface area contributed by atoms with Crippen LogP contribution in [0.5, 0.6) is 0 Å². The van der Waals surface area contributed by atoms with Crippen LogP contribution in [0.2, 0.25) is 0 Å². The molecule has 1 unspecified atom stereocenters. The van der Waals surface area contributed by atoms with Crippen molar-refractivity contribution in [3.8, 4) is 0 Å². The maximum atomic E-state index is 12.9. The summed E-state index contributed by atoms with van der Waals surface area (Å²) in [6, 6.07) is 15.9. The van der Waals surface area contributed by atoms with Crippen LogP contribution in [0.25, 0.3) is 0 Å². The van der Waals surface area contributed by atoms with Crippen molar-refractivity contribution in [2.45, 2.75) is 26.7 Å². The molecule has 0 aliphatic carbocycles. The van der Waals surface area contributed by atoms with Crippen LogP contribution in [0, 0.1) is 11.8 Å². The molecule has 6 heteroatoms. The lowest BCUT2D eigenvalue weighted by molar-refractivity contribution is -0.126. The van der Waals surface area contributed by atoms with E-state index in [1.165, 1.54) is 0 Å². The SMILES string of the molecule is CC(C)CNC(=O)C1CCCN(C(=O)c2ccc(NC(=O)c3ccccc3)cc2)C1. The average Bonchev–Trinajstić information content (AvgIpc) is 2.78. The number of hydrogen-bond donors (Lipinski definition) is 2. The molecule has 1 atom stereocenters. The average molecular weight is 408 g/mol. The number of likely N-dealkylation sites (tertiary alicyclic amines) is 1. The third-order valence-corrected chi connectivity index (χ3v) is 5.19. The number of rotatable bonds is 6. The fraction of sp³-hybridized carbons (Fsp3) is 0.375. The molecule has 0 aromatic heterocycles. The molecule has 1 fully saturated rings.